The zero-order valence-corrected chi connectivity index (χ0v) is 29.9. The number of hydrogen-bond donors (Lipinski definition) is 2. The largest absolute Gasteiger partial charge is 0.497 e. The lowest BCUT2D eigenvalue weighted by Gasteiger charge is -2.39. The van der Waals surface area contributed by atoms with Gasteiger partial charge in [-0.25, -0.2) is 0 Å². The molecule has 2 N–H and O–H groups in total. The van der Waals surface area contributed by atoms with Crippen molar-refractivity contribution in [2.45, 2.75) is 62.7 Å². The van der Waals surface area contributed by atoms with Gasteiger partial charge in [-0.1, -0.05) is 61.6 Å². The Morgan fingerprint density at radius 1 is 1.08 bits per heavy atom. The van der Waals surface area contributed by atoms with E-state index in [0.29, 0.717) is 26.1 Å². The first-order valence-corrected chi connectivity index (χ1v) is 20.3. The first-order chi connectivity index (χ1) is 23.5. The maximum Gasteiger partial charge on any atom is 0.264 e. The Morgan fingerprint density at radius 2 is 1.82 bits per heavy atom. The van der Waals surface area contributed by atoms with Gasteiger partial charge < -0.3 is 34.6 Å². The zero-order valence-electron chi connectivity index (χ0n) is 28.9. The Hall–Kier alpha value is -4.03. The van der Waals surface area contributed by atoms with Gasteiger partial charge in [0.25, 0.3) is 5.91 Å². The average molecular weight is 683 g/mol. The van der Waals surface area contributed by atoms with Crippen molar-refractivity contribution in [2.24, 2.45) is 5.92 Å². The van der Waals surface area contributed by atoms with Gasteiger partial charge in [0.2, 0.25) is 11.8 Å². The van der Waals surface area contributed by atoms with Crippen LogP contribution in [0.1, 0.15) is 30.0 Å². The third-order valence-corrected chi connectivity index (χ3v) is 16.0. The van der Waals surface area contributed by atoms with Gasteiger partial charge >= 0.3 is 0 Å². The predicted octanol–water partition coefficient (Wildman–Crippen LogP) is 3.16. The third-order valence-electron chi connectivity index (χ3n) is 11.6. The predicted molar refractivity (Wildman–Crippen MR) is 191 cm³/mol. The Morgan fingerprint density at radius 3 is 2.51 bits per heavy atom. The Balaban J connectivity index is 1.30. The van der Waals surface area contributed by atoms with Crippen LogP contribution < -0.4 is 25.0 Å². The highest BCUT2D eigenvalue weighted by atomic mass is 28.3. The molecule has 7 rings (SSSR count). The first kappa shape index (κ1) is 33.5. The molecule has 0 radical (unpaired) electrons. The molecule has 0 saturated carbocycles. The van der Waals surface area contributed by atoms with Crippen LogP contribution in [0.5, 0.6) is 5.75 Å². The second kappa shape index (κ2) is 12.7. The summed E-state index contributed by atoms with van der Waals surface area (Å²) in [5.41, 5.74) is 3.02. The summed E-state index contributed by atoms with van der Waals surface area (Å²) in [4.78, 5) is 47.2. The Labute approximate surface area is 289 Å². The zero-order chi connectivity index (χ0) is 34.7. The molecule has 3 amide bonds. The third kappa shape index (κ3) is 5.38. The molecule has 0 aliphatic carbocycles. The maximum absolute atomic E-state index is 14.6. The molecule has 3 aromatic rings. The van der Waals surface area contributed by atoms with Crippen LogP contribution in [-0.2, 0) is 37.7 Å². The molecule has 0 aromatic heterocycles. The number of benzene rings is 3. The van der Waals surface area contributed by atoms with E-state index < -0.39 is 19.8 Å². The molecule has 5 atom stereocenters. The summed E-state index contributed by atoms with van der Waals surface area (Å²) < 4.78 is 12.6. The van der Waals surface area contributed by atoms with Crippen molar-refractivity contribution in [1.29, 1.82) is 0 Å². The minimum Gasteiger partial charge on any atom is -0.497 e. The van der Waals surface area contributed by atoms with Gasteiger partial charge in [0.05, 0.1) is 52.6 Å². The molecule has 10 nitrogen and oxygen atoms in total. The number of rotatable bonds is 7. The molecule has 258 valence electrons. The lowest BCUT2D eigenvalue weighted by molar-refractivity contribution is -0.150. The van der Waals surface area contributed by atoms with Gasteiger partial charge in [0, 0.05) is 43.9 Å². The minimum absolute atomic E-state index is 0.0192. The summed E-state index contributed by atoms with van der Waals surface area (Å²) >= 11 is 0. The van der Waals surface area contributed by atoms with Crippen LogP contribution in [0.3, 0.4) is 0 Å². The van der Waals surface area contributed by atoms with Crippen molar-refractivity contribution in [2.75, 3.05) is 50.2 Å². The fraction of sp³-hybridized carbons (Fsp3) is 0.447. The summed E-state index contributed by atoms with van der Waals surface area (Å²) in [5.74, 6) is 0.221. The van der Waals surface area contributed by atoms with Crippen molar-refractivity contribution in [3.63, 3.8) is 0 Å². The topological polar surface area (TPSA) is 112 Å². The molecule has 3 aromatic carbocycles. The van der Waals surface area contributed by atoms with Crippen molar-refractivity contribution >= 4 is 42.4 Å². The molecule has 1 spiro atoms. The van der Waals surface area contributed by atoms with Crippen LogP contribution >= 0.6 is 0 Å². The van der Waals surface area contributed by atoms with Crippen LogP contribution in [0.15, 0.2) is 66.7 Å². The van der Waals surface area contributed by atoms with Gasteiger partial charge in [0.15, 0.2) is 5.60 Å². The van der Waals surface area contributed by atoms with Gasteiger partial charge in [-0.15, -0.1) is 0 Å². The number of ether oxygens (including phenoxy) is 2. The van der Waals surface area contributed by atoms with E-state index in [4.69, 9.17) is 9.47 Å². The quantitative estimate of drug-likeness (QED) is 0.369. The molecular formula is C38H46N4O6Si. The molecule has 2 saturated heterocycles. The second-order valence-corrected chi connectivity index (χ2v) is 19.2. The van der Waals surface area contributed by atoms with E-state index in [2.05, 4.69) is 43.5 Å². The molecule has 11 heteroatoms. The first-order valence-electron chi connectivity index (χ1n) is 17.2. The van der Waals surface area contributed by atoms with Gasteiger partial charge in [0.1, 0.15) is 5.75 Å². The number of amides is 3. The van der Waals surface area contributed by atoms with Crippen molar-refractivity contribution in [3.8, 4) is 5.75 Å². The number of aliphatic hydroxyl groups excluding tert-OH is 1. The van der Waals surface area contributed by atoms with Gasteiger partial charge in [-0.3, -0.25) is 14.4 Å². The Bertz CT molecular complexity index is 1780. The van der Waals surface area contributed by atoms with E-state index in [9.17, 15) is 19.5 Å². The summed E-state index contributed by atoms with van der Waals surface area (Å²) in [5, 5.41) is 14.7. The number of aliphatic hydroxyl groups is 1. The molecule has 4 aliphatic heterocycles. The fourth-order valence-corrected chi connectivity index (χ4v) is 13.0. The lowest BCUT2D eigenvalue weighted by Crippen LogP contribution is -2.52. The van der Waals surface area contributed by atoms with E-state index in [1.165, 1.54) is 5.19 Å². The highest BCUT2D eigenvalue weighted by Crippen LogP contribution is 2.60. The van der Waals surface area contributed by atoms with E-state index >= 15 is 0 Å². The number of hydrogen-bond acceptors (Lipinski definition) is 7. The number of nitrogens with zero attached hydrogens (tertiary/aromatic N) is 3. The maximum atomic E-state index is 14.6. The monoisotopic (exact) mass is 682 g/mol. The summed E-state index contributed by atoms with van der Waals surface area (Å²) in [7, 11) is 0.950. The summed E-state index contributed by atoms with van der Waals surface area (Å²) in [6, 6.07) is 21.7. The standard InChI is InChI=1S/C38H46N4O6Si/c1-24-36(49(4,5)30-13-11-29(47-3)12-14-30)33(20-34(44)42-22-26-9-7-6-8-25(26)18-28(42)23-43)48-38(24)31-19-27(41-17-16-39-21-35(41)45)10-15-32(31)40(2)37(38)46/h6-15,19,24,28,33,36,39,43H,16-18,20-23H2,1-5H3/t24-,28-,33+,36-,38+/m0/s1. The number of carbonyl (C=O) groups is 3. The Kier molecular flexibility index (Phi) is 8.67. The summed E-state index contributed by atoms with van der Waals surface area (Å²) in [6.45, 7) is 8.46. The van der Waals surface area contributed by atoms with E-state index in [1.54, 1.807) is 28.9 Å². The molecule has 2 fully saturated rings. The molecule has 49 heavy (non-hydrogen) atoms. The van der Waals surface area contributed by atoms with E-state index in [1.807, 2.05) is 48.5 Å². The highest BCUT2D eigenvalue weighted by Gasteiger charge is 2.66. The van der Waals surface area contributed by atoms with Crippen LogP contribution in [0, 0.1) is 5.92 Å². The van der Waals surface area contributed by atoms with Gasteiger partial charge in [-0.2, -0.15) is 0 Å². The number of piperazine rings is 1. The van der Waals surface area contributed by atoms with Crippen molar-refractivity contribution < 1.29 is 29.0 Å². The number of nitrogens with one attached hydrogen (secondary N) is 1. The van der Waals surface area contributed by atoms with Crippen LogP contribution in [0.25, 0.3) is 0 Å². The molecule has 4 heterocycles. The molecule has 0 bridgehead atoms. The van der Waals surface area contributed by atoms with Crippen LogP contribution in [0.4, 0.5) is 11.4 Å². The van der Waals surface area contributed by atoms with Crippen molar-refractivity contribution in [1.82, 2.24) is 10.2 Å². The highest BCUT2D eigenvalue weighted by molar-refractivity contribution is 6.91. The van der Waals surface area contributed by atoms with E-state index in [0.717, 1.165) is 33.8 Å². The van der Waals surface area contributed by atoms with Crippen LogP contribution in [0.2, 0.25) is 18.6 Å². The van der Waals surface area contributed by atoms with Crippen molar-refractivity contribution in [3.05, 3.63) is 83.4 Å². The second-order valence-electron chi connectivity index (χ2n) is 14.5. The number of fused-ring (bicyclic) bond motifs is 3. The number of carbonyl (C=O) groups excluding carboxylic acids is 3. The average Bonchev–Trinajstić information content (AvgIpc) is 3.53. The number of likely N-dealkylation sites (N-methyl/N-ethyl adjacent to an activating group) is 1. The molecule has 4 aliphatic rings. The van der Waals surface area contributed by atoms with E-state index in [-0.39, 0.29) is 54.8 Å². The number of anilines is 2. The fourth-order valence-electron chi connectivity index (χ4n) is 8.99. The lowest BCUT2D eigenvalue weighted by atomic mass is 9.82. The van der Waals surface area contributed by atoms with Crippen LogP contribution in [-0.4, -0.2) is 88.3 Å². The number of methoxy groups -OCH3 is 1. The smallest absolute Gasteiger partial charge is 0.264 e. The summed E-state index contributed by atoms with van der Waals surface area (Å²) in [6.07, 6.45) is 0.115. The molecule has 0 unspecified atom stereocenters. The normalized spacial score (nSPS) is 26.7. The van der Waals surface area contributed by atoms with Gasteiger partial charge in [-0.05, 0) is 53.4 Å². The SMILES string of the molecule is COc1ccc([Si](C)(C)[C@@H]2[C@@H](CC(=O)N3Cc4ccccc4C[C@H]3CO)O[C@]3(C(=O)N(C)c4ccc(N5CCNCC5=O)cc43)[C@H]2C)cc1. The minimum atomic E-state index is -2.47. The molecular weight excluding hydrogens is 637 g/mol.